The first-order valence-electron chi connectivity index (χ1n) is 6.09. The summed E-state index contributed by atoms with van der Waals surface area (Å²) in [5.74, 6) is 0. The number of hydrogen-bond acceptors (Lipinski definition) is 4. The molecule has 1 fully saturated rings. The number of aliphatic hydroxyl groups excluding tert-OH is 1. The second-order valence-electron chi connectivity index (χ2n) is 4.61. The van der Waals surface area contributed by atoms with Crippen LogP contribution in [0.15, 0.2) is 6.20 Å². The van der Waals surface area contributed by atoms with E-state index in [9.17, 15) is 5.11 Å². The SMILES string of the molecule is CC(O)c1cnc(N2CCCCCC2C)s1. The number of anilines is 1. The van der Waals surface area contributed by atoms with Gasteiger partial charge in [0.1, 0.15) is 0 Å². The number of aromatic nitrogens is 1. The van der Waals surface area contributed by atoms with Crippen LogP contribution in [0.2, 0.25) is 0 Å². The Morgan fingerprint density at radius 2 is 2.31 bits per heavy atom. The summed E-state index contributed by atoms with van der Waals surface area (Å²) >= 11 is 1.63. The number of nitrogens with zero attached hydrogens (tertiary/aromatic N) is 2. The van der Waals surface area contributed by atoms with Crippen molar-refractivity contribution >= 4 is 16.5 Å². The molecule has 2 heterocycles. The monoisotopic (exact) mass is 240 g/mol. The molecule has 0 aromatic carbocycles. The summed E-state index contributed by atoms with van der Waals surface area (Å²) in [6.07, 6.45) is 6.58. The fraction of sp³-hybridized carbons (Fsp3) is 0.750. The van der Waals surface area contributed by atoms with Gasteiger partial charge in [-0.3, -0.25) is 0 Å². The van der Waals surface area contributed by atoms with Crippen LogP contribution in [0.25, 0.3) is 0 Å². The largest absolute Gasteiger partial charge is 0.388 e. The Hall–Kier alpha value is -0.610. The molecule has 1 N–H and O–H groups in total. The van der Waals surface area contributed by atoms with Crippen molar-refractivity contribution in [3.05, 3.63) is 11.1 Å². The highest BCUT2D eigenvalue weighted by atomic mass is 32.1. The van der Waals surface area contributed by atoms with E-state index in [1.165, 1.54) is 25.7 Å². The molecule has 1 aromatic heterocycles. The lowest BCUT2D eigenvalue weighted by Crippen LogP contribution is -2.32. The molecule has 2 atom stereocenters. The number of rotatable bonds is 2. The Kier molecular flexibility index (Phi) is 3.82. The third-order valence-corrected chi connectivity index (χ3v) is 4.43. The topological polar surface area (TPSA) is 36.4 Å². The van der Waals surface area contributed by atoms with Gasteiger partial charge in [0.05, 0.1) is 11.0 Å². The molecule has 0 spiro atoms. The van der Waals surface area contributed by atoms with E-state index in [0.717, 1.165) is 16.6 Å². The van der Waals surface area contributed by atoms with Crippen LogP contribution in [0.3, 0.4) is 0 Å². The van der Waals surface area contributed by atoms with Crippen LogP contribution < -0.4 is 4.90 Å². The van der Waals surface area contributed by atoms with E-state index in [1.54, 1.807) is 18.3 Å². The number of aliphatic hydroxyl groups is 1. The summed E-state index contributed by atoms with van der Waals surface area (Å²) in [5.41, 5.74) is 0. The van der Waals surface area contributed by atoms with Crippen molar-refractivity contribution in [2.24, 2.45) is 0 Å². The Morgan fingerprint density at radius 1 is 1.50 bits per heavy atom. The Morgan fingerprint density at radius 3 is 3.00 bits per heavy atom. The molecule has 1 aliphatic rings. The second-order valence-corrected chi connectivity index (χ2v) is 5.65. The quantitative estimate of drug-likeness (QED) is 0.863. The van der Waals surface area contributed by atoms with Crippen molar-refractivity contribution in [1.82, 2.24) is 4.98 Å². The highest BCUT2D eigenvalue weighted by molar-refractivity contribution is 7.15. The molecule has 3 nitrogen and oxygen atoms in total. The summed E-state index contributed by atoms with van der Waals surface area (Å²) in [4.78, 5) is 7.79. The summed E-state index contributed by atoms with van der Waals surface area (Å²) in [7, 11) is 0. The third kappa shape index (κ3) is 2.55. The van der Waals surface area contributed by atoms with Gasteiger partial charge in [-0.15, -0.1) is 0 Å². The maximum Gasteiger partial charge on any atom is 0.185 e. The standard InChI is InChI=1S/C12H20N2OS/c1-9-6-4-3-5-7-14(9)12-13-8-11(16-12)10(2)15/h8-10,15H,3-7H2,1-2H3. The van der Waals surface area contributed by atoms with Gasteiger partial charge in [-0.25, -0.2) is 4.98 Å². The summed E-state index contributed by atoms with van der Waals surface area (Å²) in [5, 5.41) is 10.6. The molecule has 2 unspecified atom stereocenters. The van der Waals surface area contributed by atoms with Gasteiger partial charge in [0, 0.05) is 18.8 Å². The molecule has 1 aromatic rings. The van der Waals surface area contributed by atoms with Crippen molar-refractivity contribution in [2.75, 3.05) is 11.4 Å². The highest BCUT2D eigenvalue weighted by Gasteiger charge is 2.20. The van der Waals surface area contributed by atoms with E-state index in [-0.39, 0.29) is 0 Å². The molecule has 2 rings (SSSR count). The van der Waals surface area contributed by atoms with Crippen molar-refractivity contribution < 1.29 is 5.11 Å². The van der Waals surface area contributed by atoms with Gasteiger partial charge in [0.15, 0.2) is 5.13 Å². The molecule has 0 amide bonds. The van der Waals surface area contributed by atoms with E-state index < -0.39 is 6.10 Å². The van der Waals surface area contributed by atoms with Gasteiger partial charge in [0.2, 0.25) is 0 Å². The maximum absolute atomic E-state index is 9.51. The Balaban J connectivity index is 2.14. The summed E-state index contributed by atoms with van der Waals surface area (Å²) in [6.45, 7) is 5.17. The first kappa shape index (κ1) is 11.9. The minimum atomic E-state index is -0.395. The molecule has 1 aliphatic heterocycles. The van der Waals surface area contributed by atoms with E-state index in [2.05, 4.69) is 16.8 Å². The van der Waals surface area contributed by atoms with Gasteiger partial charge < -0.3 is 10.0 Å². The molecular formula is C12H20N2OS. The lowest BCUT2D eigenvalue weighted by Gasteiger charge is -2.26. The fourth-order valence-corrected chi connectivity index (χ4v) is 3.14. The second kappa shape index (κ2) is 5.15. The van der Waals surface area contributed by atoms with Crippen molar-refractivity contribution in [3.63, 3.8) is 0 Å². The molecule has 0 radical (unpaired) electrons. The van der Waals surface area contributed by atoms with E-state index in [4.69, 9.17) is 0 Å². The lowest BCUT2D eigenvalue weighted by molar-refractivity contribution is 0.203. The zero-order valence-electron chi connectivity index (χ0n) is 10.0. The van der Waals surface area contributed by atoms with Gasteiger partial charge in [-0.05, 0) is 26.7 Å². The summed E-state index contributed by atoms with van der Waals surface area (Å²) < 4.78 is 0. The van der Waals surface area contributed by atoms with Gasteiger partial charge in [0.25, 0.3) is 0 Å². The summed E-state index contributed by atoms with van der Waals surface area (Å²) in [6, 6.07) is 0.579. The molecule has 90 valence electrons. The molecular weight excluding hydrogens is 220 g/mol. The molecule has 1 saturated heterocycles. The Bertz CT molecular complexity index is 338. The predicted molar refractivity (Wildman–Crippen MR) is 68.0 cm³/mol. The van der Waals surface area contributed by atoms with Crippen LogP contribution in [0.4, 0.5) is 5.13 Å². The zero-order valence-corrected chi connectivity index (χ0v) is 10.8. The third-order valence-electron chi connectivity index (χ3n) is 3.22. The van der Waals surface area contributed by atoms with Crippen LogP contribution in [-0.4, -0.2) is 22.7 Å². The smallest absolute Gasteiger partial charge is 0.185 e. The molecule has 0 bridgehead atoms. The Labute approximate surface area is 101 Å². The van der Waals surface area contributed by atoms with Crippen LogP contribution in [0, 0.1) is 0 Å². The highest BCUT2D eigenvalue weighted by Crippen LogP contribution is 2.30. The van der Waals surface area contributed by atoms with Crippen LogP contribution >= 0.6 is 11.3 Å². The van der Waals surface area contributed by atoms with Gasteiger partial charge >= 0.3 is 0 Å². The molecule has 16 heavy (non-hydrogen) atoms. The van der Waals surface area contributed by atoms with Gasteiger partial charge in [-0.1, -0.05) is 24.2 Å². The first-order valence-corrected chi connectivity index (χ1v) is 6.90. The number of thiazole rings is 1. The zero-order chi connectivity index (χ0) is 11.5. The molecule has 0 saturated carbocycles. The van der Waals surface area contributed by atoms with Crippen molar-refractivity contribution in [2.45, 2.75) is 51.7 Å². The average Bonchev–Trinajstić information content (AvgIpc) is 2.63. The van der Waals surface area contributed by atoms with E-state index in [0.29, 0.717) is 6.04 Å². The maximum atomic E-state index is 9.51. The fourth-order valence-electron chi connectivity index (χ4n) is 2.16. The predicted octanol–water partition coefficient (Wildman–Crippen LogP) is 2.97. The van der Waals surface area contributed by atoms with Crippen molar-refractivity contribution in [3.8, 4) is 0 Å². The molecule has 0 aliphatic carbocycles. The number of hydrogen-bond donors (Lipinski definition) is 1. The lowest BCUT2D eigenvalue weighted by atomic mass is 10.1. The van der Waals surface area contributed by atoms with Crippen LogP contribution in [-0.2, 0) is 0 Å². The van der Waals surface area contributed by atoms with Crippen LogP contribution in [0.1, 0.15) is 50.5 Å². The minimum Gasteiger partial charge on any atom is -0.388 e. The van der Waals surface area contributed by atoms with E-state index >= 15 is 0 Å². The van der Waals surface area contributed by atoms with Gasteiger partial charge in [-0.2, -0.15) is 0 Å². The minimum absolute atomic E-state index is 0.395. The first-order chi connectivity index (χ1) is 7.68. The van der Waals surface area contributed by atoms with Crippen LogP contribution in [0.5, 0.6) is 0 Å². The van der Waals surface area contributed by atoms with Crippen molar-refractivity contribution in [1.29, 1.82) is 0 Å². The van der Waals surface area contributed by atoms with E-state index in [1.807, 2.05) is 6.20 Å². The average molecular weight is 240 g/mol. The molecule has 4 heteroatoms. The normalized spacial score (nSPS) is 24.2.